The summed E-state index contributed by atoms with van der Waals surface area (Å²) in [6, 6.07) is 6.52. The van der Waals surface area contributed by atoms with E-state index in [1.165, 1.54) is 27.8 Å². The molecule has 1 aromatic rings. The molecule has 0 aliphatic rings. The van der Waals surface area contributed by atoms with E-state index in [1.54, 1.807) is 0 Å². The molecule has 0 unspecified atom stereocenters. The SMILES string of the molecule is C#CC/C=C\C(C)=C(/CC)Cc1c(C)cccc1C. The molecule has 0 saturated carbocycles. The lowest BCUT2D eigenvalue weighted by Crippen LogP contribution is -1.98. The molecule has 0 heterocycles. The molecule has 0 radical (unpaired) electrons. The van der Waals surface area contributed by atoms with Gasteiger partial charge < -0.3 is 0 Å². The molecule has 0 aromatic heterocycles. The largest absolute Gasteiger partial charge is 0.120 e. The summed E-state index contributed by atoms with van der Waals surface area (Å²) < 4.78 is 0. The minimum Gasteiger partial charge on any atom is -0.120 e. The van der Waals surface area contributed by atoms with E-state index in [-0.39, 0.29) is 0 Å². The first-order valence-electron chi connectivity index (χ1n) is 6.93. The maximum Gasteiger partial charge on any atom is 0.0270 e. The van der Waals surface area contributed by atoms with Crippen LogP contribution in [0.15, 0.2) is 41.5 Å². The molecule has 0 N–H and O–H groups in total. The number of allylic oxidation sites excluding steroid dienone is 4. The van der Waals surface area contributed by atoms with E-state index in [9.17, 15) is 0 Å². The monoisotopic (exact) mass is 252 g/mol. The highest BCUT2D eigenvalue weighted by molar-refractivity contribution is 5.38. The van der Waals surface area contributed by atoms with E-state index in [0.717, 1.165) is 12.8 Å². The number of benzene rings is 1. The van der Waals surface area contributed by atoms with Gasteiger partial charge in [-0.05, 0) is 50.3 Å². The summed E-state index contributed by atoms with van der Waals surface area (Å²) in [5.74, 6) is 2.64. The summed E-state index contributed by atoms with van der Waals surface area (Å²) >= 11 is 0. The summed E-state index contributed by atoms with van der Waals surface area (Å²) in [6.45, 7) is 8.79. The standard InChI is InChI=1S/C19H24/c1-6-8-9-11-15(3)18(7-2)14-19-16(4)12-10-13-17(19)5/h1,9-13H,7-8,14H2,2-5H3/b11-9-,18-15+. The van der Waals surface area contributed by atoms with Gasteiger partial charge in [0.2, 0.25) is 0 Å². The Morgan fingerprint density at radius 2 is 1.89 bits per heavy atom. The van der Waals surface area contributed by atoms with Gasteiger partial charge in [-0.2, -0.15) is 0 Å². The molecule has 1 rings (SSSR count). The van der Waals surface area contributed by atoms with Crippen LogP contribution in [-0.2, 0) is 6.42 Å². The summed E-state index contributed by atoms with van der Waals surface area (Å²) in [5.41, 5.74) is 7.06. The van der Waals surface area contributed by atoms with E-state index in [0.29, 0.717) is 6.42 Å². The predicted molar refractivity (Wildman–Crippen MR) is 85.2 cm³/mol. The molecule has 0 aliphatic carbocycles. The predicted octanol–water partition coefficient (Wildman–Crippen LogP) is 5.15. The number of rotatable bonds is 5. The second-order valence-electron chi connectivity index (χ2n) is 5.00. The Balaban J connectivity index is 3.00. The third-order valence-electron chi connectivity index (χ3n) is 3.62. The quantitative estimate of drug-likeness (QED) is 0.502. The number of hydrogen-bond acceptors (Lipinski definition) is 0. The molecule has 0 heteroatoms. The third-order valence-corrected chi connectivity index (χ3v) is 3.62. The molecule has 0 bridgehead atoms. The lowest BCUT2D eigenvalue weighted by Gasteiger charge is -2.13. The van der Waals surface area contributed by atoms with Crippen molar-refractivity contribution < 1.29 is 0 Å². The van der Waals surface area contributed by atoms with Crippen LogP contribution in [0.2, 0.25) is 0 Å². The van der Waals surface area contributed by atoms with Gasteiger partial charge in [0.1, 0.15) is 0 Å². The van der Waals surface area contributed by atoms with Crippen LogP contribution >= 0.6 is 0 Å². The van der Waals surface area contributed by atoms with Crippen molar-refractivity contribution in [2.24, 2.45) is 0 Å². The van der Waals surface area contributed by atoms with Crippen LogP contribution in [-0.4, -0.2) is 0 Å². The van der Waals surface area contributed by atoms with Crippen LogP contribution in [0, 0.1) is 26.2 Å². The first-order chi connectivity index (χ1) is 9.10. The topological polar surface area (TPSA) is 0 Å². The highest BCUT2D eigenvalue weighted by Gasteiger charge is 2.06. The Morgan fingerprint density at radius 3 is 2.42 bits per heavy atom. The molecule has 0 amide bonds. The van der Waals surface area contributed by atoms with Gasteiger partial charge in [-0.15, -0.1) is 12.3 Å². The van der Waals surface area contributed by atoms with Crippen LogP contribution < -0.4 is 0 Å². The van der Waals surface area contributed by atoms with Gasteiger partial charge in [0.05, 0.1) is 0 Å². The average Bonchev–Trinajstić information content (AvgIpc) is 2.38. The van der Waals surface area contributed by atoms with Crippen LogP contribution in [0.5, 0.6) is 0 Å². The zero-order valence-electron chi connectivity index (χ0n) is 12.6. The van der Waals surface area contributed by atoms with Gasteiger partial charge in [-0.1, -0.05) is 48.4 Å². The van der Waals surface area contributed by atoms with Gasteiger partial charge in [-0.3, -0.25) is 0 Å². The maximum atomic E-state index is 5.27. The van der Waals surface area contributed by atoms with Crippen molar-refractivity contribution in [3.8, 4) is 12.3 Å². The Morgan fingerprint density at radius 1 is 1.26 bits per heavy atom. The van der Waals surface area contributed by atoms with Crippen LogP contribution in [0.3, 0.4) is 0 Å². The van der Waals surface area contributed by atoms with Crippen LogP contribution in [0.25, 0.3) is 0 Å². The Kier molecular flexibility index (Phi) is 6.16. The van der Waals surface area contributed by atoms with Gasteiger partial charge in [0, 0.05) is 6.42 Å². The second kappa shape index (κ2) is 7.64. The Hall–Kier alpha value is -1.74. The van der Waals surface area contributed by atoms with E-state index < -0.39 is 0 Å². The van der Waals surface area contributed by atoms with Crippen molar-refractivity contribution in [1.29, 1.82) is 0 Å². The minimum absolute atomic E-state index is 0.706. The fraction of sp³-hybridized carbons (Fsp3) is 0.368. The molecule has 1 aromatic carbocycles. The summed E-state index contributed by atoms with van der Waals surface area (Å²) in [5, 5.41) is 0. The molecule has 19 heavy (non-hydrogen) atoms. The Bertz CT molecular complexity index is 501. The lowest BCUT2D eigenvalue weighted by atomic mass is 9.92. The maximum absolute atomic E-state index is 5.27. The van der Waals surface area contributed by atoms with Crippen molar-refractivity contribution in [2.75, 3.05) is 0 Å². The average molecular weight is 252 g/mol. The molecular formula is C19H24. The first-order valence-corrected chi connectivity index (χ1v) is 6.93. The van der Waals surface area contributed by atoms with Gasteiger partial charge >= 0.3 is 0 Å². The summed E-state index contributed by atoms with van der Waals surface area (Å²) in [7, 11) is 0. The van der Waals surface area contributed by atoms with Crippen molar-refractivity contribution in [3.63, 3.8) is 0 Å². The molecular weight excluding hydrogens is 228 g/mol. The van der Waals surface area contributed by atoms with Crippen molar-refractivity contribution in [2.45, 2.75) is 47.0 Å². The number of hydrogen-bond donors (Lipinski definition) is 0. The molecule has 0 nitrogen and oxygen atoms in total. The van der Waals surface area contributed by atoms with Crippen molar-refractivity contribution >= 4 is 0 Å². The number of terminal acetylenes is 1. The van der Waals surface area contributed by atoms with E-state index in [2.05, 4.69) is 64.0 Å². The lowest BCUT2D eigenvalue weighted by molar-refractivity contribution is 0.965. The van der Waals surface area contributed by atoms with E-state index in [1.807, 2.05) is 0 Å². The highest BCUT2D eigenvalue weighted by atomic mass is 14.1. The second-order valence-corrected chi connectivity index (χ2v) is 5.00. The molecule has 100 valence electrons. The normalized spacial score (nSPS) is 12.4. The fourth-order valence-electron chi connectivity index (χ4n) is 2.31. The summed E-state index contributed by atoms with van der Waals surface area (Å²) in [4.78, 5) is 0. The smallest absolute Gasteiger partial charge is 0.0270 e. The molecule has 0 saturated heterocycles. The minimum atomic E-state index is 0.706. The Labute approximate surface area is 118 Å². The van der Waals surface area contributed by atoms with Crippen LogP contribution in [0.4, 0.5) is 0 Å². The molecule has 0 fully saturated rings. The number of aryl methyl sites for hydroxylation is 2. The van der Waals surface area contributed by atoms with Gasteiger partial charge in [0.15, 0.2) is 0 Å². The fourth-order valence-corrected chi connectivity index (χ4v) is 2.31. The van der Waals surface area contributed by atoms with E-state index >= 15 is 0 Å². The van der Waals surface area contributed by atoms with Gasteiger partial charge in [-0.25, -0.2) is 0 Å². The summed E-state index contributed by atoms with van der Waals surface area (Å²) in [6.07, 6.45) is 12.3. The van der Waals surface area contributed by atoms with E-state index in [4.69, 9.17) is 6.42 Å². The molecule has 0 aliphatic heterocycles. The van der Waals surface area contributed by atoms with Gasteiger partial charge in [0.25, 0.3) is 0 Å². The molecule has 0 atom stereocenters. The van der Waals surface area contributed by atoms with Crippen molar-refractivity contribution in [3.05, 3.63) is 58.2 Å². The molecule has 0 spiro atoms. The highest BCUT2D eigenvalue weighted by Crippen LogP contribution is 2.21. The zero-order valence-corrected chi connectivity index (χ0v) is 12.6. The first kappa shape index (κ1) is 15.3. The third kappa shape index (κ3) is 4.45. The zero-order chi connectivity index (χ0) is 14.3. The van der Waals surface area contributed by atoms with Crippen LogP contribution in [0.1, 0.15) is 43.4 Å². The van der Waals surface area contributed by atoms with Crippen molar-refractivity contribution in [1.82, 2.24) is 0 Å².